The van der Waals surface area contributed by atoms with Crippen LogP contribution in [0.3, 0.4) is 0 Å². The average Bonchev–Trinajstić information content (AvgIpc) is 2.08. The van der Waals surface area contributed by atoms with Gasteiger partial charge in [-0.05, 0) is 18.3 Å². The summed E-state index contributed by atoms with van der Waals surface area (Å²) in [5, 5.41) is 0. The van der Waals surface area contributed by atoms with E-state index >= 15 is 0 Å². The minimum Gasteiger partial charge on any atom is -0.378 e. The van der Waals surface area contributed by atoms with Crippen LogP contribution in [0.15, 0.2) is 0 Å². The highest BCUT2D eigenvalue weighted by atomic mass is 16.5. The number of hydrogen-bond acceptors (Lipinski definition) is 1. The number of rotatable bonds is 0. The van der Waals surface area contributed by atoms with Gasteiger partial charge in [-0.25, -0.2) is 0 Å². The zero-order valence-electron chi connectivity index (χ0n) is 7.11. The lowest BCUT2D eigenvalue weighted by Gasteiger charge is -2.46. The Kier molecular flexibility index (Phi) is 1.05. The summed E-state index contributed by atoms with van der Waals surface area (Å²) in [5.41, 5.74) is 1.01. The van der Waals surface area contributed by atoms with E-state index in [1.54, 1.807) is 0 Å². The summed E-state index contributed by atoms with van der Waals surface area (Å²) in [6.07, 6.45) is 3.26. The van der Waals surface area contributed by atoms with Gasteiger partial charge in [0.1, 0.15) is 0 Å². The fourth-order valence-corrected chi connectivity index (χ4v) is 2.15. The van der Waals surface area contributed by atoms with Gasteiger partial charge < -0.3 is 4.74 Å². The molecule has 2 aliphatic heterocycles. The molecule has 0 atom stereocenters. The lowest BCUT2D eigenvalue weighted by Crippen LogP contribution is -2.43. The molecule has 1 saturated carbocycles. The van der Waals surface area contributed by atoms with Crippen molar-refractivity contribution in [2.24, 2.45) is 10.8 Å². The highest BCUT2D eigenvalue weighted by Crippen LogP contribution is 2.59. The van der Waals surface area contributed by atoms with Gasteiger partial charge in [0.2, 0.25) is 0 Å². The topological polar surface area (TPSA) is 9.23 Å². The third kappa shape index (κ3) is 0.619. The minimum absolute atomic E-state index is 0.458. The molecule has 1 nitrogen and oxygen atoms in total. The molecule has 0 aromatic carbocycles. The molecule has 58 valence electrons. The summed E-state index contributed by atoms with van der Waals surface area (Å²) < 4.78 is 5.56. The van der Waals surface area contributed by atoms with E-state index in [2.05, 4.69) is 20.8 Å². The van der Waals surface area contributed by atoms with Crippen LogP contribution in [0, 0.1) is 10.8 Å². The molecule has 0 radical (unpaired) electrons. The Hall–Kier alpha value is -0.0400. The Bertz CT molecular complexity index is 143. The van der Waals surface area contributed by atoms with Crippen molar-refractivity contribution < 1.29 is 4.74 Å². The van der Waals surface area contributed by atoms with E-state index in [0.717, 1.165) is 6.61 Å². The van der Waals surface area contributed by atoms with Crippen molar-refractivity contribution >= 4 is 0 Å². The fourth-order valence-electron chi connectivity index (χ4n) is 2.15. The Labute approximate surface area is 62.8 Å². The van der Waals surface area contributed by atoms with E-state index in [-0.39, 0.29) is 0 Å². The quantitative estimate of drug-likeness (QED) is 0.501. The van der Waals surface area contributed by atoms with Crippen molar-refractivity contribution in [2.45, 2.75) is 39.7 Å². The monoisotopic (exact) mass is 140 g/mol. The summed E-state index contributed by atoms with van der Waals surface area (Å²) in [5.74, 6) is 0. The molecule has 0 aromatic heterocycles. The summed E-state index contributed by atoms with van der Waals surface area (Å²) in [4.78, 5) is 0. The van der Waals surface area contributed by atoms with Crippen molar-refractivity contribution in [1.29, 1.82) is 0 Å². The maximum absolute atomic E-state index is 5.56. The molecule has 0 aromatic rings. The second-order valence-electron chi connectivity index (χ2n) is 4.87. The van der Waals surface area contributed by atoms with Gasteiger partial charge in [-0.3, -0.25) is 0 Å². The van der Waals surface area contributed by atoms with E-state index in [9.17, 15) is 0 Å². The average molecular weight is 140 g/mol. The first-order valence-electron chi connectivity index (χ1n) is 4.15. The lowest BCUT2D eigenvalue weighted by molar-refractivity contribution is 0.0366. The standard InChI is InChI=1S/C9H16O/c1-8(2,3)9-4-7(5-9)10-6-9/h7H,4-6H2,1-3H3. The molecule has 0 N–H and O–H groups in total. The van der Waals surface area contributed by atoms with Gasteiger partial charge in [0.05, 0.1) is 12.7 Å². The Balaban J connectivity index is 2.18. The molecule has 2 saturated heterocycles. The minimum atomic E-state index is 0.458. The van der Waals surface area contributed by atoms with Crippen molar-refractivity contribution in [3.8, 4) is 0 Å². The van der Waals surface area contributed by atoms with Gasteiger partial charge in [-0.2, -0.15) is 0 Å². The van der Waals surface area contributed by atoms with Gasteiger partial charge >= 0.3 is 0 Å². The van der Waals surface area contributed by atoms with Gasteiger partial charge in [-0.15, -0.1) is 0 Å². The third-order valence-corrected chi connectivity index (χ3v) is 3.42. The van der Waals surface area contributed by atoms with E-state index in [4.69, 9.17) is 4.74 Å². The smallest absolute Gasteiger partial charge is 0.0588 e. The van der Waals surface area contributed by atoms with Crippen LogP contribution in [0.4, 0.5) is 0 Å². The first-order valence-corrected chi connectivity index (χ1v) is 4.15. The number of hydrogen-bond donors (Lipinski definition) is 0. The van der Waals surface area contributed by atoms with Crippen LogP contribution in [-0.2, 0) is 4.74 Å². The van der Waals surface area contributed by atoms with E-state index in [1.165, 1.54) is 12.8 Å². The number of ether oxygens (including phenoxy) is 1. The first-order chi connectivity index (χ1) is 4.54. The summed E-state index contributed by atoms with van der Waals surface area (Å²) >= 11 is 0. The summed E-state index contributed by atoms with van der Waals surface area (Å²) in [6.45, 7) is 8.01. The third-order valence-electron chi connectivity index (χ3n) is 3.42. The Morgan fingerprint density at radius 1 is 1.30 bits per heavy atom. The molecular formula is C9H16O. The van der Waals surface area contributed by atoms with Crippen molar-refractivity contribution in [3.05, 3.63) is 0 Å². The van der Waals surface area contributed by atoms with Crippen molar-refractivity contribution in [2.75, 3.05) is 6.61 Å². The highest BCUT2D eigenvalue weighted by molar-refractivity contribution is 5.06. The number of fused-ring (bicyclic) bond motifs is 1. The van der Waals surface area contributed by atoms with Crippen molar-refractivity contribution in [3.63, 3.8) is 0 Å². The molecule has 3 aliphatic rings. The molecular weight excluding hydrogens is 124 g/mol. The summed E-state index contributed by atoms with van der Waals surface area (Å²) in [6, 6.07) is 0. The van der Waals surface area contributed by atoms with E-state index < -0.39 is 0 Å². The van der Waals surface area contributed by atoms with E-state index in [1.807, 2.05) is 0 Å². The first kappa shape index (κ1) is 6.66. The van der Waals surface area contributed by atoms with Gasteiger partial charge in [0.15, 0.2) is 0 Å². The zero-order valence-corrected chi connectivity index (χ0v) is 7.11. The lowest BCUT2D eigenvalue weighted by atomic mass is 9.56. The van der Waals surface area contributed by atoms with Gasteiger partial charge in [0.25, 0.3) is 0 Å². The van der Waals surface area contributed by atoms with Gasteiger partial charge in [-0.1, -0.05) is 20.8 Å². The molecule has 2 bridgehead atoms. The molecule has 1 aliphatic carbocycles. The molecule has 1 heteroatoms. The largest absolute Gasteiger partial charge is 0.378 e. The molecule has 0 amide bonds. The zero-order chi connectivity index (χ0) is 7.41. The highest BCUT2D eigenvalue weighted by Gasteiger charge is 2.57. The molecule has 2 heterocycles. The second-order valence-corrected chi connectivity index (χ2v) is 4.87. The van der Waals surface area contributed by atoms with Crippen molar-refractivity contribution in [1.82, 2.24) is 0 Å². The van der Waals surface area contributed by atoms with Crippen LogP contribution in [0.1, 0.15) is 33.6 Å². The maximum atomic E-state index is 5.56. The molecule has 3 fully saturated rings. The normalized spacial score (nSPS) is 45.3. The Morgan fingerprint density at radius 2 is 1.90 bits per heavy atom. The van der Waals surface area contributed by atoms with E-state index in [0.29, 0.717) is 16.9 Å². The van der Waals surface area contributed by atoms with Crippen LogP contribution in [0.25, 0.3) is 0 Å². The van der Waals surface area contributed by atoms with Crippen LogP contribution < -0.4 is 0 Å². The summed E-state index contributed by atoms with van der Waals surface area (Å²) in [7, 11) is 0. The van der Waals surface area contributed by atoms with Gasteiger partial charge in [0, 0.05) is 5.41 Å². The predicted molar refractivity (Wildman–Crippen MR) is 40.9 cm³/mol. The predicted octanol–water partition coefficient (Wildman–Crippen LogP) is 2.21. The van der Waals surface area contributed by atoms with Crippen LogP contribution in [0.5, 0.6) is 0 Å². The molecule has 10 heavy (non-hydrogen) atoms. The van der Waals surface area contributed by atoms with Crippen LogP contribution >= 0.6 is 0 Å². The Morgan fingerprint density at radius 3 is 2.10 bits per heavy atom. The fraction of sp³-hybridized carbons (Fsp3) is 1.00. The SMILES string of the molecule is CC(C)(C)C12COC(C1)C2. The molecule has 3 rings (SSSR count). The molecule has 0 spiro atoms. The van der Waals surface area contributed by atoms with Crippen LogP contribution in [-0.4, -0.2) is 12.7 Å². The van der Waals surface area contributed by atoms with Crippen LogP contribution in [0.2, 0.25) is 0 Å². The molecule has 0 unspecified atom stereocenters. The maximum Gasteiger partial charge on any atom is 0.0588 e. The second kappa shape index (κ2) is 1.58.